The highest BCUT2D eigenvalue weighted by atomic mass is 35.5. The maximum Gasteiger partial charge on any atom is 0.261 e. The first-order valence-corrected chi connectivity index (χ1v) is 7.72. The van der Waals surface area contributed by atoms with Crippen LogP contribution in [0, 0.1) is 0 Å². The van der Waals surface area contributed by atoms with Crippen LogP contribution in [0.4, 0.5) is 0 Å². The zero-order valence-electron chi connectivity index (χ0n) is 11.3. The molecule has 0 fully saturated rings. The number of hydrogen-bond acceptors (Lipinski definition) is 4. The van der Waals surface area contributed by atoms with Crippen LogP contribution in [0.15, 0.2) is 36.8 Å². The molecule has 0 radical (unpaired) electrons. The number of nitrogens with zero attached hydrogens (tertiary/aromatic N) is 3. The van der Waals surface area contributed by atoms with Crippen molar-refractivity contribution < 1.29 is 4.79 Å². The van der Waals surface area contributed by atoms with Gasteiger partial charge in [0.2, 0.25) is 5.78 Å². The Morgan fingerprint density at radius 3 is 3.05 bits per heavy atom. The van der Waals surface area contributed by atoms with Crippen molar-refractivity contribution in [3.8, 4) is 0 Å². The normalized spacial score (nSPS) is 12.5. The molecule has 0 aliphatic carbocycles. The van der Waals surface area contributed by atoms with E-state index in [1.807, 2.05) is 29.8 Å². The Morgan fingerprint density at radius 2 is 2.38 bits per heavy atom. The molecule has 1 atom stereocenters. The summed E-state index contributed by atoms with van der Waals surface area (Å²) in [7, 11) is 0. The Morgan fingerprint density at radius 1 is 1.52 bits per heavy atom. The molecule has 0 saturated carbocycles. The minimum Gasteiger partial charge on any atom is -0.343 e. The SMILES string of the molecule is CC[C@H](NC(=O)c1ccc(Cl)s1)c1cn2cccnc2n1. The second-order valence-corrected chi connectivity index (χ2v) is 6.25. The Bertz CT molecular complexity index is 749. The average molecular weight is 321 g/mol. The minimum absolute atomic E-state index is 0.135. The Hall–Kier alpha value is -1.92. The van der Waals surface area contributed by atoms with E-state index in [4.69, 9.17) is 11.6 Å². The summed E-state index contributed by atoms with van der Waals surface area (Å²) in [6.45, 7) is 2.00. The van der Waals surface area contributed by atoms with E-state index in [2.05, 4.69) is 15.3 Å². The molecular weight excluding hydrogens is 308 g/mol. The highest BCUT2D eigenvalue weighted by Crippen LogP contribution is 2.23. The van der Waals surface area contributed by atoms with Crippen molar-refractivity contribution in [2.45, 2.75) is 19.4 Å². The van der Waals surface area contributed by atoms with Gasteiger partial charge in [-0.1, -0.05) is 18.5 Å². The molecule has 0 aromatic carbocycles. The number of halogens is 1. The molecule has 5 nitrogen and oxygen atoms in total. The molecule has 3 heterocycles. The van der Waals surface area contributed by atoms with Crippen molar-refractivity contribution in [3.63, 3.8) is 0 Å². The number of imidazole rings is 1. The number of carbonyl (C=O) groups excluding carboxylic acids is 1. The summed E-state index contributed by atoms with van der Waals surface area (Å²) in [5, 5.41) is 2.98. The Labute approximate surface area is 130 Å². The second kappa shape index (κ2) is 5.83. The Kier molecular flexibility index (Phi) is 3.90. The van der Waals surface area contributed by atoms with Gasteiger partial charge in [-0.05, 0) is 24.6 Å². The topological polar surface area (TPSA) is 59.3 Å². The summed E-state index contributed by atoms with van der Waals surface area (Å²) in [5.74, 6) is 0.489. The van der Waals surface area contributed by atoms with Crippen molar-refractivity contribution in [2.24, 2.45) is 0 Å². The largest absolute Gasteiger partial charge is 0.343 e. The van der Waals surface area contributed by atoms with Gasteiger partial charge in [0.1, 0.15) is 0 Å². The lowest BCUT2D eigenvalue weighted by Gasteiger charge is -2.13. The van der Waals surface area contributed by atoms with Gasteiger partial charge in [0.05, 0.1) is 20.9 Å². The summed E-state index contributed by atoms with van der Waals surface area (Å²) in [5.41, 5.74) is 0.798. The smallest absolute Gasteiger partial charge is 0.261 e. The maximum absolute atomic E-state index is 12.2. The molecule has 1 amide bonds. The number of carbonyl (C=O) groups is 1. The third-order valence-corrected chi connectivity index (χ3v) is 4.35. The number of rotatable bonds is 4. The van der Waals surface area contributed by atoms with E-state index < -0.39 is 0 Å². The van der Waals surface area contributed by atoms with Crippen LogP contribution in [0.3, 0.4) is 0 Å². The van der Waals surface area contributed by atoms with E-state index in [0.29, 0.717) is 15.0 Å². The van der Waals surface area contributed by atoms with Crippen molar-refractivity contribution in [3.05, 3.63) is 51.7 Å². The van der Waals surface area contributed by atoms with E-state index in [-0.39, 0.29) is 11.9 Å². The molecule has 1 N–H and O–H groups in total. The van der Waals surface area contributed by atoms with Crippen molar-refractivity contribution in [1.29, 1.82) is 0 Å². The van der Waals surface area contributed by atoms with Crippen LogP contribution < -0.4 is 5.32 Å². The number of nitrogens with one attached hydrogen (secondary N) is 1. The third-order valence-electron chi connectivity index (χ3n) is 3.12. The molecule has 0 saturated heterocycles. The van der Waals surface area contributed by atoms with Crippen LogP contribution in [0.25, 0.3) is 5.78 Å². The second-order valence-electron chi connectivity index (χ2n) is 4.53. The number of fused-ring (bicyclic) bond motifs is 1. The first-order chi connectivity index (χ1) is 10.2. The van der Waals surface area contributed by atoms with E-state index in [9.17, 15) is 4.79 Å². The molecule has 3 aromatic rings. The standard InChI is InChI=1S/C14H13ClN4OS/c1-2-9(17-13(20)11-4-5-12(15)21-11)10-8-19-7-3-6-16-14(19)18-10/h3-9H,2H2,1H3,(H,17,20)/t9-/m0/s1. The Balaban J connectivity index is 1.83. The molecular formula is C14H13ClN4OS. The monoisotopic (exact) mass is 320 g/mol. The highest BCUT2D eigenvalue weighted by Gasteiger charge is 2.18. The van der Waals surface area contributed by atoms with Gasteiger partial charge >= 0.3 is 0 Å². The summed E-state index contributed by atoms with van der Waals surface area (Å²) < 4.78 is 2.44. The van der Waals surface area contributed by atoms with Gasteiger partial charge in [-0.15, -0.1) is 11.3 Å². The van der Waals surface area contributed by atoms with Crippen LogP contribution >= 0.6 is 22.9 Å². The van der Waals surface area contributed by atoms with Gasteiger partial charge in [-0.2, -0.15) is 0 Å². The van der Waals surface area contributed by atoms with Crippen LogP contribution in [-0.2, 0) is 0 Å². The van der Waals surface area contributed by atoms with E-state index in [1.54, 1.807) is 18.3 Å². The van der Waals surface area contributed by atoms with Crippen LogP contribution in [0.5, 0.6) is 0 Å². The van der Waals surface area contributed by atoms with Crippen molar-refractivity contribution in [2.75, 3.05) is 0 Å². The molecule has 3 rings (SSSR count). The fourth-order valence-electron chi connectivity index (χ4n) is 2.07. The average Bonchev–Trinajstić information content (AvgIpc) is 3.10. The summed E-state index contributed by atoms with van der Waals surface area (Å²) >= 11 is 7.12. The molecule has 7 heteroatoms. The minimum atomic E-state index is -0.153. The fourth-order valence-corrected chi connectivity index (χ4v) is 3.01. The molecule has 0 aliphatic rings. The van der Waals surface area contributed by atoms with Gasteiger partial charge in [0.15, 0.2) is 0 Å². The molecule has 0 spiro atoms. The molecule has 21 heavy (non-hydrogen) atoms. The number of thiophene rings is 1. The van der Waals surface area contributed by atoms with Crippen LogP contribution in [-0.4, -0.2) is 20.3 Å². The quantitative estimate of drug-likeness (QED) is 0.802. The fraction of sp³-hybridized carbons (Fsp3) is 0.214. The zero-order chi connectivity index (χ0) is 14.8. The molecule has 108 valence electrons. The lowest BCUT2D eigenvalue weighted by atomic mass is 10.1. The third kappa shape index (κ3) is 2.91. The lowest BCUT2D eigenvalue weighted by Crippen LogP contribution is -2.27. The zero-order valence-corrected chi connectivity index (χ0v) is 12.9. The van der Waals surface area contributed by atoms with E-state index in [0.717, 1.165) is 12.1 Å². The predicted octanol–water partition coefficient (Wildman–Crippen LogP) is 3.33. The number of amides is 1. The predicted molar refractivity (Wildman–Crippen MR) is 82.8 cm³/mol. The van der Waals surface area contributed by atoms with Gasteiger partial charge in [-0.25, -0.2) is 9.97 Å². The lowest BCUT2D eigenvalue weighted by molar-refractivity contribution is 0.0939. The first-order valence-electron chi connectivity index (χ1n) is 6.53. The molecule has 0 unspecified atom stereocenters. The van der Waals surface area contributed by atoms with Gasteiger partial charge in [0, 0.05) is 18.6 Å². The molecule has 0 aliphatic heterocycles. The molecule has 3 aromatic heterocycles. The highest BCUT2D eigenvalue weighted by molar-refractivity contribution is 7.17. The van der Waals surface area contributed by atoms with Crippen molar-refractivity contribution in [1.82, 2.24) is 19.7 Å². The summed E-state index contributed by atoms with van der Waals surface area (Å²) in [6, 6.07) is 5.13. The first kappa shape index (κ1) is 14.0. The van der Waals surface area contributed by atoms with Gasteiger partial charge in [-0.3, -0.25) is 9.20 Å². The summed E-state index contributed by atoms with van der Waals surface area (Å²) in [4.78, 5) is 21.4. The van der Waals surface area contributed by atoms with Gasteiger partial charge in [0.25, 0.3) is 5.91 Å². The van der Waals surface area contributed by atoms with E-state index in [1.165, 1.54) is 11.3 Å². The van der Waals surface area contributed by atoms with Crippen LogP contribution in [0.1, 0.15) is 34.8 Å². The van der Waals surface area contributed by atoms with E-state index >= 15 is 0 Å². The summed E-state index contributed by atoms with van der Waals surface area (Å²) in [6.07, 6.45) is 6.21. The number of hydrogen-bond donors (Lipinski definition) is 1. The van der Waals surface area contributed by atoms with Crippen LogP contribution in [0.2, 0.25) is 4.34 Å². The number of aromatic nitrogens is 3. The maximum atomic E-state index is 12.2. The van der Waals surface area contributed by atoms with Gasteiger partial charge < -0.3 is 5.32 Å². The van der Waals surface area contributed by atoms with Crippen molar-refractivity contribution >= 4 is 34.6 Å². The molecule has 0 bridgehead atoms.